The minimum absolute atomic E-state index is 0.531. The van der Waals surface area contributed by atoms with Crippen LogP contribution in [-0.4, -0.2) is 16.9 Å². The van der Waals surface area contributed by atoms with Gasteiger partial charge in [0.1, 0.15) is 18.1 Å². The van der Waals surface area contributed by atoms with Gasteiger partial charge in [-0.1, -0.05) is 0 Å². The number of hydrogen-bond donors (Lipinski definition) is 0. The fourth-order valence-electron chi connectivity index (χ4n) is 2.72. The Balaban J connectivity index is 1.99. The van der Waals surface area contributed by atoms with Gasteiger partial charge in [-0.05, 0) is 40.4 Å². The van der Waals surface area contributed by atoms with E-state index in [0.717, 1.165) is 44.2 Å². The zero-order valence-corrected chi connectivity index (χ0v) is 14.5. The molecule has 0 aliphatic carbocycles. The molecular formula is C16H13BrN2O2S. The van der Waals surface area contributed by atoms with E-state index in [4.69, 9.17) is 14.6 Å². The standard InChI is InChI=1S/C16H13BrN2O2S/c1-9-12-7-21-14-6-15(20-2)13(17)5-11(14)16(12)19(18-9)10-3-4-22-8-10/h3-6,8H,7H2,1-2H3. The Hall–Kier alpha value is -1.79. The molecule has 2 aromatic heterocycles. The van der Waals surface area contributed by atoms with Crippen LogP contribution >= 0.6 is 27.3 Å². The van der Waals surface area contributed by atoms with Gasteiger partial charge in [0.05, 0.1) is 28.7 Å². The molecule has 0 atom stereocenters. The molecule has 1 aliphatic heterocycles. The first-order valence-corrected chi connectivity index (χ1v) is 8.54. The van der Waals surface area contributed by atoms with Crippen LogP contribution in [0.5, 0.6) is 11.5 Å². The maximum atomic E-state index is 5.91. The molecule has 112 valence electrons. The molecule has 4 nitrogen and oxygen atoms in total. The van der Waals surface area contributed by atoms with Gasteiger partial charge >= 0.3 is 0 Å². The number of thiophene rings is 1. The third-order valence-electron chi connectivity index (χ3n) is 3.82. The first-order valence-electron chi connectivity index (χ1n) is 6.81. The number of hydrogen-bond acceptors (Lipinski definition) is 4. The van der Waals surface area contributed by atoms with Crippen molar-refractivity contribution in [2.75, 3.05) is 7.11 Å². The number of aromatic nitrogens is 2. The summed E-state index contributed by atoms with van der Waals surface area (Å²) in [4.78, 5) is 0. The van der Waals surface area contributed by atoms with Crippen molar-refractivity contribution in [1.82, 2.24) is 9.78 Å². The number of rotatable bonds is 2. The first-order chi connectivity index (χ1) is 10.7. The highest BCUT2D eigenvalue weighted by Crippen LogP contribution is 2.44. The van der Waals surface area contributed by atoms with Crippen LogP contribution in [0.1, 0.15) is 11.3 Å². The smallest absolute Gasteiger partial charge is 0.136 e. The van der Waals surface area contributed by atoms with Gasteiger partial charge < -0.3 is 9.47 Å². The molecule has 0 bridgehead atoms. The number of ether oxygens (including phenoxy) is 2. The molecule has 0 amide bonds. The highest BCUT2D eigenvalue weighted by molar-refractivity contribution is 9.10. The van der Waals surface area contributed by atoms with Crippen molar-refractivity contribution in [3.05, 3.63) is 44.7 Å². The zero-order valence-electron chi connectivity index (χ0n) is 12.1. The van der Waals surface area contributed by atoms with Crippen LogP contribution in [0.25, 0.3) is 16.9 Å². The molecule has 22 heavy (non-hydrogen) atoms. The maximum absolute atomic E-state index is 5.91. The summed E-state index contributed by atoms with van der Waals surface area (Å²) in [6.07, 6.45) is 0. The molecule has 0 saturated heterocycles. The van der Waals surface area contributed by atoms with E-state index >= 15 is 0 Å². The van der Waals surface area contributed by atoms with Gasteiger partial charge in [-0.2, -0.15) is 16.4 Å². The number of aryl methyl sites for hydroxylation is 1. The lowest BCUT2D eigenvalue weighted by Crippen LogP contribution is -2.08. The molecule has 0 fully saturated rings. The predicted molar refractivity (Wildman–Crippen MR) is 90.2 cm³/mol. The third-order valence-corrected chi connectivity index (χ3v) is 5.11. The van der Waals surface area contributed by atoms with Crippen molar-refractivity contribution in [2.45, 2.75) is 13.5 Å². The van der Waals surface area contributed by atoms with Crippen LogP contribution in [0, 0.1) is 6.92 Å². The summed E-state index contributed by atoms with van der Waals surface area (Å²) in [5.74, 6) is 1.59. The summed E-state index contributed by atoms with van der Waals surface area (Å²) in [5.41, 5.74) is 5.34. The van der Waals surface area contributed by atoms with Crippen molar-refractivity contribution in [2.24, 2.45) is 0 Å². The fraction of sp³-hybridized carbons (Fsp3) is 0.188. The second-order valence-electron chi connectivity index (χ2n) is 5.08. The molecule has 1 aromatic carbocycles. The molecule has 4 rings (SSSR count). The van der Waals surface area contributed by atoms with E-state index in [2.05, 4.69) is 32.8 Å². The van der Waals surface area contributed by atoms with Crippen LogP contribution in [0.15, 0.2) is 33.4 Å². The van der Waals surface area contributed by atoms with E-state index in [1.165, 1.54) is 0 Å². The van der Waals surface area contributed by atoms with Crippen LogP contribution < -0.4 is 9.47 Å². The Labute approximate surface area is 140 Å². The van der Waals surface area contributed by atoms with Gasteiger partial charge in [0, 0.05) is 22.6 Å². The molecule has 6 heteroatoms. The molecule has 1 aliphatic rings. The van der Waals surface area contributed by atoms with Gasteiger partial charge in [0.2, 0.25) is 0 Å². The Kier molecular flexibility index (Phi) is 3.23. The number of nitrogens with zero attached hydrogens (tertiary/aromatic N) is 2. The second kappa shape index (κ2) is 5.14. The maximum Gasteiger partial charge on any atom is 0.136 e. The molecule has 3 heterocycles. The lowest BCUT2D eigenvalue weighted by molar-refractivity contribution is 0.298. The lowest BCUT2D eigenvalue weighted by atomic mass is 10.0. The van der Waals surface area contributed by atoms with Crippen molar-refractivity contribution >= 4 is 27.3 Å². The van der Waals surface area contributed by atoms with Gasteiger partial charge in [-0.15, -0.1) is 0 Å². The van der Waals surface area contributed by atoms with Gasteiger partial charge in [-0.3, -0.25) is 0 Å². The summed E-state index contributed by atoms with van der Waals surface area (Å²) < 4.78 is 14.2. The first kappa shape index (κ1) is 13.8. The minimum Gasteiger partial charge on any atom is -0.495 e. The minimum atomic E-state index is 0.531. The average Bonchev–Trinajstić information content (AvgIpc) is 3.14. The van der Waals surface area contributed by atoms with E-state index < -0.39 is 0 Å². The molecule has 3 aromatic rings. The van der Waals surface area contributed by atoms with Gasteiger partial charge in [0.15, 0.2) is 0 Å². The van der Waals surface area contributed by atoms with E-state index in [0.29, 0.717) is 6.61 Å². The number of methoxy groups -OCH3 is 1. The molecule has 0 unspecified atom stereocenters. The van der Waals surface area contributed by atoms with E-state index in [9.17, 15) is 0 Å². The Morgan fingerprint density at radius 3 is 3.00 bits per heavy atom. The van der Waals surface area contributed by atoms with Crippen molar-refractivity contribution in [3.63, 3.8) is 0 Å². The van der Waals surface area contributed by atoms with E-state index in [-0.39, 0.29) is 0 Å². The highest BCUT2D eigenvalue weighted by atomic mass is 79.9. The summed E-state index contributed by atoms with van der Waals surface area (Å²) in [6.45, 7) is 2.55. The molecule has 0 saturated carbocycles. The number of fused-ring (bicyclic) bond motifs is 3. The Morgan fingerprint density at radius 2 is 2.27 bits per heavy atom. The van der Waals surface area contributed by atoms with Gasteiger partial charge in [-0.25, -0.2) is 4.68 Å². The van der Waals surface area contributed by atoms with Crippen LogP contribution in [-0.2, 0) is 6.61 Å². The molecular weight excluding hydrogens is 364 g/mol. The molecule has 0 N–H and O–H groups in total. The lowest BCUT2D eigenvalue weighted by Gasteiger charge is -2.20. The monoisotopic (exact) mass is 376 g/mol. The topological polar surface area (TPSA) is 36.3 Å². The third kappa shape index (κ3) is 1.98. The number of halogens is 1. The number of benzene rings is 1. The van der Waals surface area contributed by atoms with Crippen molar-refractivity contribution in [3.8, 4) is 28.4 Å². The van der Waals surface area contributed by atoms with Crippen molar-refractivity contribution in [1.29, 1.82) is 0 Å². The SMILES string of the molecule is COc1cc2c(cc1Br)-c1c(c(C)nn1-c1ccsc1)CO2. The quantitative estimate of drug-likeness (QED) is 0.656. The van der Waals surface area contributed by atoms with Gasteiger partial charge in [0.25, 0.3) is 0 Å². The largest absolute Gasteiger partial charge is 0.495 e. The highest BCUT2D eigenvalue weighted by Gasteiger charge is 2.27. The molecule has 0 spiro atoms. The van der Waals surface area contributed by atoms with Crippen molar-refractivity contribution < 1.29 is 9.47 Å². The van der Waals surface area contributed by atoms with E-state index in [1.807, 2.05) is 23.7 Å². The summed E-state index contributed by atoms with van der Waals surface area (Å²) in [5, 5.41) is 8.86. The van der Waals surface area contributed by atoms with E-state index in [1.54, 1.807) is 18.4 Å². The zero-order chi connectivity index (χ0) is 15.3. The Morgan fingerprint density at radius 1 is 1.41 bits per heavy atom. The summed E-state index contributed by atoms with van der Waals surface area (Å²) in [7, 11) is 1.65. The molecule has 0 radical (unpaired) electrons. The average molecular weight is 377 g/mol. The Bertz CT molecular complexity index is 856. The summed E-state index contributed by atoms with van der Waals surface area (Å²) in [6, 6.07) is 6.03. The fourth-order valence-corrected chi connectivity index (χ4v) is 3.84. The van der Waals surface area contributed by atoms with Crippen LogP contribution in [0.4, 0.5) is 0 Å². The normalized spacial score (nSPS) is 12.5. The predicted octanol–water partition coefficient (Wildman–Crippen LogP) is 4.57. The van der Waals surface area contributed by atoms with Crippen LogP contribution in [0.2, 0.25) is 0 Å². The second-order valence-corrected chi connectivity index (χ2v) is 6.71. The van der Waals surface area contributed by atoms with Crippen LogP contribution in [0.3, 0.4) is 0 Å². The summed E-state index contributed by atoms with van der Waals surface area (Å²) >= 11 is 5.22.